The van der Waals surface area contributed by atoms with Crippen LogP contribution in [0.5, 0.6) is 0 Å². The van der Waals surface area contributed by atoms with E-state index in [1.165, 1.54) is 0 Å². The van der Waals surface area contributed by atoms with Crippen molar-refractivity contribution in [2.24, 2.45) is 17.0 Å². The summed E-state index contributed by atoms with van der Waals surface area (Å²) in [5.74, 6) is -1.14. The summed E-state index contributed by atoms with van der Waals surface area (Å²) < 4.78 is 82.4. The second kappa shape index (κ2) is 24.8. The molecular weight excluding hydrogens is 925 g/mol. The minimum atomic E-state index is -0.937. The van der Waals surface area contributed by atoms with Gasteiger partial charge in [-0.05, 0) is 67.5 Å². The van der Waals surface area contributed by atoms with E-state index in [2.05, 4.69) is 35.4 Å². The molecule has 19 atom stereocenters. The zero-order valence-corrected chi connectivity index (χ0v) is 41.7. The summed E-state index contributed by atoms with van der Waals surface area (Å²) in [6.45, 7) is 14.3. The lowest BCUT2D eigenvalue weighted by Gasteiger charge is -2.47. The molecule has 2 N–H and O–H groups in total. The molecule has 20 heteroatoms. The number of aliphatic hydroxyl groups is 1. The van der Waals surface area contributed by atoms with E-state index in [1.807, 2.05) is 0 Å². The van der Waals surface area contributed by atoms with Crippen LogP contribution in [0.3, 0.4) is 0 Å². The minimum Gasteiger partial charge on any atom is -0.391 e. The Morgan fingerprint density at radius 3 is 2.24 bits per heavy atom. The third-order valence-electron chi connectivity index (χ3n) is 16.2. The first-order chi connectivity index (χ1) is 34.5. The first-order valence-electron chi connectivity index (χ1n) is 26.5. The first-order valence-corrected chi connectivity index (χ1v) is 26.5. The Morgan fingerprint density at radius 1 is 0.775 bits per heavy atom. The van der Waals surface area contributed by atoms with E-state index < -0.39 is 36.3 Å². The predicted octanol–water partition coefficient (Wildman–Crippen LogP) is 4.36. The molecule has 0 radical (unpaired) electrons. The standard InChI is InChI=1S/C51H78N4O16/c1-29-21-34-5-7-38-30(2)22-36(64-38)9-11-51-27-43-47(70-51)48-49(69-43)50(71-51)46-39(68-48)8-6-35(66-46)23-32(56)24-37-41(26-40(65-34)31(29)3)67-42(45(37)59-4)25-33(57)28-53-44(58)10-13-60-15-17-62-19-20-63-18-16-61-14-12-54-55-52/h29,33-43,45-50,57H,2-3,5-28H2,1,4H3,(H,53,58)/t29-,33+,34+,35-,36+,37+,38+,39+,40-,41+,42-,43-,45-,46+,47+,48+,49-,50+,51+/m1/s1. The van der Waals surface area contributed by atoms with E-state index >= 15 is 0 Å². The predicted molar refractivity (Wildman–Crippen MR) is 252 cm³/mol. The number of amides is 1. The van der Waals surface area contributed by atoms with Crippen LogP contribution in [0.1, 0.15) is 96.8 Å². The van der Waals surface area contributed by atoms with Gasteiger partial charge in [-0.15, -0.1) is 0 Å². The number of ketones is 1. The number of carbonyl (C=O) groups is 2. The number of methoxy groups -OCH3 is 1. The maximum atomic E-state index is 14.4. The lowest BCUT2D eigenvalue weighted by molar-refractivity contribution is -0.292. The Morgan fingerprint density at radius 2 is 1.46 bits per heavy atom. The fourth-order valence-electron chi connectivity index (χ4n) is 12.7. The maximum Gasteiger partial charge on any atom is 0.222 e. The number of Topliss-reactive ketones (excluding diaryl/α,β-unsaturated/α-hetero) is 1. The van der Waals surface area contributed by atoms with Gasteiger partial charge in [-0.2, -0.15) is 0 Å². The molecule has 0 saturated carbocycles. The van der Waals surface area contributed by atoms with Gasteiger partial charge in [0.25, 0.3) is 0 Å². The molecule has 10 heterocycles. The van der Waals surface area contributed by atoms with Gasteiger partial charge in [0.2, 0.25) is 5.91 Å². The fraction of sp³-hybridized carbons (Fsp3) is 0.882. The average Bonchev–Trinajstić information content (AvgIpc) is 4.03. The normalized spacial score (nSPS) is 41.3. The highest BCUT2D eigenvalue weighted by Gasteiger charge is 2.69. The molecule has 0 unspecified atom stereocenters. The van der Waals surface area contributed by atoms with Gasteiger partial charge in [-0.25, -0.2) is 0 Å². The third kappa shape index (κ3) is 13.1. The SMILES string of the molecule is C=C1C[C@@H]2CC[C@@]34C[C@H]5O[C@H]6[C@@H](O3)[C@H]3O[C@H](CC[C@@H]3O[C@H]6[C@H]5O4)CC(=O)C[C@@H]3[C@@H](OC)[C@@H](C[C@H](O)CNC(=O)CCOCCOCCOCCOCCN=[N+]=[N-])O[C@H]3C[C@H]3O[C@@H](CC[C@@H]1O2)C[C@@H](C)C3=C. The van der Waals surface area contributed by atoms with Crippen molar-refractivity contribution >= 4 is 11.7 Å². The smallest absolute Gasteiger partial charge is 0.222 e. The minimum absolute atomic E-state index is 0.0121. The molecule has 0 aromatic carbocycles. The summed E-state index contributed by atoms with van der Waals surface area (Å²) in [6.07, 6.45) is 3.07. The van der Waals surface area contributed by atoms with Gasteiger partial charge in [-0.3, -0.25) is 9.59 Å². The monoisotopic (exact) mass is 1000 g/mol. The van der Waals surface area contributed by atoms with Gasteiger partial charge in [0.15, 0.2) is 5.79 Å². The van der Waals surface area contributed by atoms with E-state index in [1.54, 1.807) is 7.11 Å². The van der Waals surface area contributed by atoms with E-state index in [4.69, 9.17) is 67.1 Å². The van der Waals surface area contributed by atoms with Gasteiger partial charge in [-0.1, -0.05) is 25.2 Å². The molecular formula is C51H78N4O16. The molecule has 0 aromatic rings. The van der Waals surface area contributed by atoms with Crippen LogP contribution in [-0.4, -0.2) is 193 Å². The van der Waals surface area contributed by atoms with Crippen molar-refractivity contribution in [2.45, 2.75) is 200 Å². The Hall–Kier alpha value is -2.63. The summed E-state index contributed by atoms with van der Waals surface area (Å²) in [7, 11) is 1.63. The number of fused-ring (bicyclic) bond motifs is 6. The van der Waals surface area contributed by atoms with E-state index in [0.29, 0.717) is 71.9 Å². The van der Waals surface area contributed by atoms with Crippen molar-refractivity contribution in [2.75, 3.05) is 73.1 Å². The molecule has 10 aliphatic heterocycles. The Bertz CT molecular complexity index is 1880. The number of nitrogens with one attached hydrogen (secondary N) is 1. The Kier molecular flexibility index (Phi) is 18.6. The number of rotatable bonds is 20. The van der Waals surface area contributed by atoms with Crippen molar-refractivity contribution in [1.82, 2.24) is 5.32 Å². The second-order valence-electron chi connectivity index (χ2n) is 21.1. The molecule has 10 saturated heterocycles. The van der Waals surface area contributed by atoms with Crippen LogP contribution in [0.25, 0.3) is 10.4 Å². The van der Waals surface area contributed by atoms with Crippen molar-refractivity contribution < 1.29 is 76.3 Å². The van der Waals surface area contributed by atoms with Gasteiger partial charge in [0, 0.05) is 76.0 Å². The van der Waals surface area contributed by atoms with E-state index in [9.17, 15) is 14.7 Å². The Balaban J connectivity index is 0.796. The summed E-state index contributed by atoms with van der Waals surface area (Å²) in [4.78, 5) is 29.8. The van der Waals surface area contributed by atoms with Crippen LogP contribution in [-0.2, 0) is 71.2 Å². The van der Waals surface area contributed by atoms with E-state index in [-0.39, 0.29) is 136 Å². The van der Waals surface area contributed by atoms with Crippen molar-refractivity contribution in [3.05, 3.63) is 34.7 Å². The summed E-state index contributed by atoms with van der Waals surface area (Å²) in [5.41, 5.74) is 10.4. The molecule has 1 spiro atoms. The zero-order valence-electron chi connectivity index (χ0n) is 41.7. The number of carbonyl (C=O) groups excluding carboxylic acids is 2. The highest BCUT2D eigenvalue weighted by Crippen LogP contribution is 2.54. The van der Waals surface area contributed by atoms with Crippen LogP contribution < -0.4 is 5.32 Å². The van der Waals surface area contributed by atoms with Crippen molar-refractivity contribution in [3.63, 3.8) is 0 Å². The molecule has 398 valence electrons. The van der Waals surface area contributed by atoms with Crippen LogP contribution in [0.2, 0.25) is 0 Å². The number of hydrogen-bond acceptors (Lipinski definition) is 17. The summed E-state index contributed by atoms with van der Waals surface area (Å²) >= 11 is 0. The molecule has 20 nitrogen and oxygen atoms in total. The van der Waals surface area contributed by atoms with Gasteiger partial charge < -0.3 is 72.0 Å². The highest BCUT2D eigenvalue weighted by molar-refractivity contribution is 5.79. The number of nitrogens with zero attached hydrogens (tertiary/aromatic N) is 3. The van der Waals surface area contributed by atoms with Gasteiger partial charge >= 0.3 is 0 Å². The number of azide groups is 1. The van der Waals surface area contributed by atoms with Crippen molar-refractivity contribution in [1.29, 1.82) is 0 Å². The topological polar surface area (TPSA) is 235 Å². The quantitative estimate of drug-likeness (QED) is 0.0567. The molecule has 10 aliphatic rings. The first kappa shape index (κ1) is 53.2. The van der Waals surface area contributed by atoms with E-state index in [0.717, 1.165) is 49.7 Å². The number of ether oxygens (including phenoxy) is 13. The summed E-state index contributed by atoms with van der Waals surface area (Å²) in [6, 6.07) is 0. The third-order valence-corrected chi connectivity index (χ3v) is 16.2. The molecule has 10 rings (SSSR count). The molecule has 0 aliphatic carbocycles. The second-order valence-corrected chi connectivity index (χ2v) is 21.1. The number of hydrogen-bond donors (Lipinski definition) is 2. The fourth-order valence-corrected chi connectivity index (χ4v) is 12.7. The average molecular weight is 1000 g/mol. The lowest BCUT2D eigenvalue weighted by Crippen LogP contribution is -2.61. The maximum absolute atomic E-state index is 14.4. The number of aliphatic hydroxyl groups excluding tert-OH is 1. The van der Waals surface area contributed by atoms with Crippen LogP contribution in [0, 0.1) is 11.8 Å². The molecule has 71 heavy (non-hydrogen) atoms. The Labute approximate surface area is 417 Å². The molecule has 12 bridgehead atoms. The zero-order chi connectivity index (χ0) is 49.5. The van der Waals surface area contributed by atoms with Crippen LogP contribution >= 0.6 is 0 Å². The largest absolute Gasteiger partial charge is 0.391 e. The van der Waals surface area contributed by atoms with Gasteiger partial charge in [0.05, 0.1) is 120 Å². The lowest BCUT2D eigenvalue weighted by atomic mass is 9.81. The highest BCUT2D eigenvalue weighted by atomic mass is 16.8. The molecule has 0 aromatic heterocycles. The van der Waals surface area contributed by atoms with Crippen molar-refractivity contribution in [3.8, 4) is 0 Å². The summed E-state index contributed by atoms with van der Waals surface area (Å²) in [5, 5.41) is 17.5. The van der Waals surface area contributed by atoms with Crippen LogP contribution in [0.4, 0.5) is 0 Å². The van der Waals surface area contributed by atoms with Crippen LogP contribution in [0.15, 0.2) is 29.4 Å². The molecule has 1 amide bonds. The van der Waals surface area contributed by atoms with Gasteiger partial charge in [0.1, 0.15) is 36.3 Å². The molecule has 10 fully saturated rings.